The Morgan fingerprint density at radius 3 is 2.76 bits per heavy atom. The number of hydrogen-bond donors (Lipinski definition) is 1. The molecule has 1 atom stereocenters. The number of benzene rings is 1. The summed E-state index contributed by atoms with van der Waals surface area (Å²) in [5.74, 6) is -0.691. The molecule has 3 heteroatoms. The van der Waals surface area contributed by atoms with Gasteiger partial charge in [-0.05, 0) is 37.8 Å². The Bertz CT molecular complexity index is 364. The molecule has 0 aromatic heterocycles. The van der Waals surface area contributed by atoms with Crippen LogP contribution in [0.5, 0.6) is 0 Å². The Hall–Kier alpha value is -1.51. The quantitative estimate of drug-likeness (QED) is 0.869. The monoisotopic (exact) mass is 233 g/mol. The van der Waals surface area contributed by atoms with E-state index in [2.05, 4.69) is 17.0 Å². The van der Waals surface area contributed by atoms with Crippen LogP contribution in [0.15, 0.2) is 30.3 Å². The lowest BCUT2D eigenvalue weighted by atomic mass is 9.97. The minimum atomic E-state index is -0.691. The van der Waals surface area contributed by atoms with Gasteiger partial charge in [-0.1, -0.05) is 18.2 Å². The number of piperidine rings is 1. The van der Waals surface area contributed by atoms with Crippen LogP contribution in [0.1, 0.15) is 32.1 Å². The molecule has 3 nitrogen and oxygen atoms in total. The zero-order valence-electron chi connectivity index (χ0n) is 10.0. The summed E-state index contributed by atoms with van der Waals surface area (Å²) in [4.78, 5) is 13.0. The fraction of sp³-hybridized carbons (Fsp3) is 0.500. The number of para-hydroxylation sites is 1. The van der Waals surface area contributed by atoms with Crippen molar-refractivity contribution in [2.75, 3.05) is 11.4 Å². The van der Waals surface area contributed by atoms with Gasteiger partial charge in [-0.2, -0.15) is 0 Å². The third-order valence-electron chi connectivity index (χ3n) is 3.41. The van der Waals surface area contributed by atoms with Gasteiger partial charge in [0, 0.05) is 24.7 Å². The Morgan fingerprint density at radius 1 is 1.29 bits per heavy atom. The molecule has 0 saturated carbocycles. The maximum Gasteiger partial charge on any atom is 0.303 e. The molecule has 0 amide bonds. The first-order valence-electron chi connectivity index (χ1n) is 6.31. The van der Waals surface area contributed by atoms with Gasteiger partial charge in [0.05, 0.1) is 0 Å². The van der Waals surface area contributed by atoms with Crippen LogP contribution in [0.2, 0.25) is 0 Å². The highest BCUT2D eigenvalue weighted by molar-refractivity contribution is 5.66. The van der Waals surface area contributed by atoms with Crippen molar-refractivity contribution >= 4 is 11.7 Å². The number of carbonyl (C=O) groups is 1. The summed E-state index contributed by atoms with van der Waals surface area (Å²) in [6.45, 7) is 1.05. The molecule has 92 valence electrons. The van der Waals surface area contributed by atoms with Crippen molar-refractivity contribution in [1.82, 2.24) is 0 Å². The topological polar surface area (TPSA) is 40.5 Å². The van der Waals surface area contributed by atoms with Crippen molar-refractivity contribution in [3.05, 3.63) is 30.3 Å². The summed E-state index contributed by atoms with van der Waals surface area (Å²) >= 11 is 0. The third kappa shape index (κ3) is 3.22. The van der Waals surface area contributed by atoms with Crippen molar-refractivity contribution in [2.24, 2.45) is 0 Å². The van der Waals surface area contributed by atoms with E-state index in [9.17, 15) is 4.79 Å². The SMILES string of the molecule is O=C(O)CCC1CCCCN1c1ccccc1. The molecule has 0 bridgehead atoms. The van der Waals surface area contributed by atoms with E-state index in [1.54, 1.807) is 0 Å². The molecule has 1 N–H and O–H groups in total. The second kappa shape index (κ2) is 5.71. The summed E-state index contributed by atoms with van der Waals surface area (Å²) in [7, 11) is 0. The highest BCUT2D eigenvalue weighted by atomic mass is 16.4. The largest absolute Gasteiger partial charge is 0.481 e. The molecule has 1 aromatic rings. The van der Waals surface area contributed by atoms with Gasteiger partial charge in [-0.3, -0.25) is 4.79 Å². The summed E-state index contributed by atoms with van der Waals surface area (Å²) < 4.78 is 0. The molecular formula is C14H19NO2. The zero-order valence-corrected chi connectivity index (χ0v) is 10.0. The van der Waals surface area contributed by atoms with Gasteiger partial charge in [0.2, 0.25) is 0 Å². The average molecular weight is 233 g/mol. The first kappa shape index (κ1) is 12.0. The smallest absolute Gasteiger partial charge is 0.303 e. The van der Waals surface area contributed by atoms with Gasteiger partial charge in [0.15, 0.2) is 0 Å². The minimum absolute atomic E-state index is 0.272. The van der Waals surface area contributed by atoms with Gasteiger partial charge < -0.3 is 10.0 Å². The summed E-state index contributed by atoms with van der Waals surface area (Å²) in [6, 6.07) is 10.7. The van der Waals surface area contributed by atoms with Crippen LogP contribution in [0, 0.1) is 0 Å². The van der Waals surface area contributed by atoms with E-state index in [1.807, 2.05) is 18.2 Å². The third-order valence-corrected chi connectivity index (χ3v) is 3.41. The summed E-state index contributed by atoms with van der Waals surface area (Å²) in [6.07, 6.45) is 4.56. The molecule has 1 fully saturated rings. The second-order valence-electron chi connectivity index (χ2n) is 4.61. The fourth-order valence-corrected chi connectivity index (χ4v) is 2.55. The summed E-state index contributed by atoms with van der Waals surface area (Å²) in [5.41, 5.74) is 1.22. The van der Waals surface area contributed by atoms with Crippen LogP contribution in [-0.4, -0.2) is 23.7 Å². The van der Waals surface area contributed by atoms with Crippen LogP contribution in [0.3, 0.4) is 0 Å². The fourth-order valence-electron chi connectivity index (χ4n) is 2.55. The number of anilines is 1. The van der Waals surface area contributed by atoms with Crippen molar-refractivity contribution < 1.29 is 9.90 Å². The standard InChI is InChI=1S/C14H19NO2/c16-14(17)10-9-13-8-4-5-11-15(13)12-6-2-1-3-7-12/h1-3,6-7,13H,4-5,8-11H2,(H,16,17). The predicted molar refractivity (Wildman–Crippen MR) is 68.3 cm³/mol. The number of carboxylic acid groups (broad SMARTS) is 1. The van der Waals surface area contributed by atoms with E-state index in [1.165, 1.54) is 18.5 Å². The number of hydrogen-bond acceptors (Lipinski definition) is 2. The van der Waals surface area contributed by atoms with Crippen molar-refractivity contribution in [3.8, 4) is 0 Å². The van der Waals surface area contributed by atoms with E-state index in [0.717, 1.165) is 19.4 Å². The normalized spacial score (nSPS) is 20.2. The lowest BCUT2D eigenvalue weighted by molar-refractivity contribution is -0.137. The first-order valence-corrected chi connectivity index (χ1v) is 6.31. The summed E-state index contributed by atoms with van der Waals surface area (Å²) in [5, 5.41) is 8.78. The van der Waals surface area contributed by atoms with E-state index in [4.69, 9.17) is 5.11 Å². The Balaban J connectivity index is 2.04. The average Bonchev–Trinajstić information content (AvgIpc) is 2.38. The predicted octanol–water partition coefficient (Wildman–Crippen LogP) is 2.91. The molecule has 0 aliphatic carbocycles. The molecule has 1 aromatic carbocycles. The highest BCUT2D eigenvalue weighted by Gasteiger charge is 2.22. The number of aliphatic carboxylic acids is 1. The van der Waals surface area contributed by atoms with Gasteiger partial charge in [0.25, 0.3) is 0 Å². The Morgan fingerprint density at radius 2 is 2.06 bits per heavy atom. The first-order chi connectivity index (χ1) is 8.27. The lowest BCUT2D eigenvalue weighted by Crippen LogP contribution is -2.39. The maximum atomic E-state index is 10.7. The van der Waals surface area contributed by atoms with Crippen LogP contribution >= 0.6 is 0 Å². The van der Waals surface area contributed by atoms with Crippen molar-refractivity contribution in [1.29, 1.82) is 0 Å². The molecule has 1 aliphatic heterocycles. The van der Waals surface area contributed by atoms with Gasteiger partial charge in [-0.15, -0.1) is 0 Å². The van der Waals surface area contributed by atoms with E-state index >= 15 is 0 Å². The minimum Gasteiger partial charge on any atom is -0.481 e. The molecule has 1 heterocycles. The molecule has 1 unspecified atom stereocenters. The van der Waals surface area contributed by atoms with E-state index in [-0.39, 0.29) is 6.42 Å². The maximum absolute atomic E-state index is 10.7. The van der Waals surface area contributed by atoms with Gasteiger partial charge in [0.1, 0.15) is 0 Å². The Labute approximate surface area is 102 Å². The van der Waals surface area contributed by atoms with Crippen LogP contribution in [-0.2, 0) is 4.79 Å². The molecule has 2 rings (SSSR count). The highest BCUT2D eigenvalue weighted by Crippen LogP contribution is 2.26. The van der Waals surface area contributed by atoms with E-state index < -0.39 is 5.97 Å². The number of nitrogens with zero attached hydrogens (tertiary/aromatic N) is 1. The van der Waals surface area contributed by atoms with E-state index in [0.29, 0.717) is 6.04 Å². The zero-order chi connectivity index (χ0) is 12.1. The van der Waals surface area contributed by atoms with Crippen LogP contribution in [0.25, 0.3) is 0 Å². The van der Waals surface area contributed by atoms with Crippen LogP contribution in [0.4, 0.5) is 5.69 Å². The second-order valence-corrected chi connectivity index (χ2v) is 4.61. The molecule has 17 heavy (non-hydrogen) atoms. The Kier molecular flexibility index (Phi) is 4.02. The molecule has 1 saturated heterocycles. The lowest BCUT2D eigenvalue weighted by Gasteiger charge is -2.37. The van der Waals surface area contributed by atoms with Gasteiger partial charge in [-0.25, -0.2) is 0 Å². The van der Waals surface area contributed by atoms with Crippen LogP contribution < -0.4 is 4.90 Å². The molecular weight excluding hydrogens is 214 g/mol. The molecule has 0 spiro atoms. The number of carboxylic acids is 1. The van der Waals surface area contributed by atoms with Gasteiger partial charge >= 0.3 is 5.97 Å². The molecule has 0 radical (unpaired) electrons. The van der Waals surface area contributed by atoms with Crippen molar-refractivity contribution in [3.63, 3.8) is 0 Å². The molecule has 1 aliphatic rings. The number of rotatable bonds is 4. The van der Waals surface area contributed by atoms with Crippen molar-refractivity contribution in [2.45, 2.75) is 38.1 Å².